The number of benzene rings is 1. The summed E-state index contributed by atoms with van der Waals surface area (Å²) in [6.45, 7) is 0. The summed E-state index contributed by atoms with van der Waals surface area (Å²) in [5, 5.41) is 0. The van der Waals surface area contributed by atoms with Gasteiger partial charge in [-0.15, -0.1) is 0 Å². The van der Waals surface area contributed by atoms with Crippen molar-refractivity contribution in [1.82, 2.24) is 4.98 Å². The van der Waals surface area contributed by atoms with Crippen LogP contribution in [0.15, 0.2) is 42.7 Å². The Kier molecular flexibility index (Phi) is 2.96. The van der Waals surface area contributed by atoms with Gasteiger partial charge in [0.05, 0.1) is 13.3 Å². The van der Waals surface area contributed by atoms with E-state index in [2.05, 4.69) is 4.98 Å². The Morgan fingerprint density at radius 3 is 2.50 bits per heavy atom. The summed E-state index contributed by atoms with van der Waals surface area (Å²) in [6, 6.07) is 9.24. The van der Waals surface area contributed by atoms with E-state index in [0.29, 0.717) is 5.56 Å². The van der Waals surface area contributed by atoms with Gasteiger partial charge in [-0.3, -0.25) is 9.78 Å². The van der Waals surface area contributed by atoms with Crippen LogP contribution in [0.3, 0.4) is 0 Å². The fourth-order valence-electron chi connectivity index (χ4n) is 1.44. The first-order valence-corrected chi connectivity index (χ1v) is 4.88. The highest BCUT2D eigenvalue weighted by atomic mass is 16.5. The van der Waals surface area contributed by atoms with E-state index in [-0.39, 0.29) is 0 Å². The lowest BCUT2D eigenvalue weighted by Gasteiger charge is -2.03. The minimum absolute atomic E-state index is 0.666. The summed E-state index contributed by atoms with van der Waals surface area (Å²) in [7, 11) is 1.61. The number of carbonyl (C=O) groups is 1. The average Bonchev–Trinajstić information content (AvgIpc) is 2.39. The summed E-state index contributed by atoms with van der Waals surface area (Å²) >= 11 is 0. The molecule has 2 rings (SSSR count). The molecule has 1 heterocycles. The van der Waals surface area contributed by atoms with E-state index in [9.17, 15) is 4.79 Å². The molecule has 0 aliphatic carbocycles. The van der Waals surface area contributed by atoms with E-state index < -0.39 is 0 Å². The monoisotopic (exact) mass is 213 g/mol. The van der Waals surface area contributed by atoms with Crippen LogP contribution in [0, 0.1) is 0 Å². The van der Waals surface area contributed by atoms with Gasteiger partial charge in [0.25, 0.3) is 0 Å². The van der Waals surface area contributed by atoms with Crippen LogP contribution < -0.4 is 4.74 Å². The van der Waals surface area contributed by atoms with Gasteiger partial charge in [-0.2, -0.15) is 0 Å². The molecule has 0 saturated carbocycles. The second-order valence-corrected chi connectivity index (χ2v) is 3.35. The molecule has 1 aromatic carbocycles. The van der Waals surface area contributed by atoms with E-state index in [1.165, 1.54) is 0 Å². The van der Waals surface area contributed by atoms with E-state index in [1.54, 1.807) is 31.6 Å². The summed E-state index contributed by atoms with van der Waals surface area (Å²) < 4.78 is 5.10. The Balaban J connectivity index is 2.38. The number of nitrogens with zero attached hydrogens (tertiary/aromatic N) is 1. The second kappa shape index (κ2) is 4.57. The fourth-order valence-corrected chi connectivity index (χ4v) is 1.44. The van der Waals surface area contributed by atoms with Crippen LogP contribution in [-0.4, -0.2) is 18.4 Å². The lowest BCUT2D eigenvalue weighted by Crippen LogP contribution is -1.86. The van der Waals surface area contributed by atoms with Gasteiger partial charge in [0.1, 0.15) is 12.0 Å². The van der Waals surface area contributed by atoms with Crippen molar-refractivity contribution in [3.8, 4) is 16.9 Å². The Hall–Kier alpha value is -2.16. The van der Waals surface area contributed by atoms with Crippen molar-refractivity contribution in [2.24, 2.45) is 0 Å². The molecule has 3 heteroatoms. The maximum atomic E-state index is 10.5. The van der Waals surface area contributed by atoms with Crippen LogP contribution in [0.4, 0.5) is 0 Å². The predicted octanol–water partition coefficient (Wildman–Crippen LogP) is 2.57. The molecular weight excluding hydrogens is 202 g/mol. The third kappa shape index (κ3) is 2.08. The van der Waals surface area contributed by atoms with Gasteiger partial charge in [0.2, 0.25) is 0 Å². The Labute approximate surface area is 93.7 Å². The van der Waals surface area contributed by atoms with Crippen molar-refractivity contribution in [3.05, 3.63) is 48.3 Å². The minimum Gasteiger partial charge on any atom is -0.495 e. The molecule has 0 atom stereocenters. The van der Waals surface area contributed by atoms with E-state index >= 15 is 0 Å². The number of carbonyl (C=O) groups excluding carboxylic acids is 1. The van der Waals surface area contributed by atoms with Crippen molar-refractivity contribution in [2.75, 3.05) is 7.11 Å². The molecule has 0 unspecified atom stereocenters. The third-order valence-electron chi connectivity index (χ3n) is 2.33. The van der Waals surface area contributed by atoms with E-state index in [4.69, 9.17) is 4.74 Å². The molecule has 0 aliphatic rings. The molecule has 0 radical (unpaired) electrons. The van der Waals surface area contributed by atoms with Gasteiger partial charge in [0.15, 0.2) is 0 Å². The molecule has 2 aromatic rings. The Bertz CT molecular complexity index is 492. The largest absolute Gasteiger partial charge is 0.495 e. The molecule has 0 spiro atoms. The predicted molar refractivity (Wildman–Crippen MR) is 61.6 cm³/mol. The first kappa shape index (κ1) is 10.4. The van der Waals surface area contributed by atoms with Crippen LogP contribution in [0.1, 0.15) is 10.4 Å². The van der Waals surface area contributed by atoms with Crippen molar-refractivity contribution in [1.29, 1.82) is 0 Å². The van der Waals surface area contributed by atoms with Crippen molar-refractivity contribution in [2.45, 2.75) is 0 Å². The number of hydrogen-bond donors (Lipinski definition) is 0. The van der Waals surface area contributed by atoms with Crippen molar-refractivity contribution >= 4 is 6.29 Å². The molecule has 0 aliphatic heterocycles. The molecule has 3 nitrogen and oxygen atoms in total. The quantitative estimate of drug-likeness (QED) is 0.735. The average molecular weight is 213 g/mol. The SMILES string of the molecule is COc1cncc(-c2ccc(C=O)cc2)c1. The van der Waals surface area contributed by atoms with Crippen LogP contribution in [-0.2, 0) is 0 Å². The number of aldehydes is 1. The molecule has 80 valence electrons. The molecule has 0 saturated heterocycles. The topological polar surface area (TPSA) is 39.2 Å². The van der Waals surface area contributed by atoms with E-state index in [1.807, 2.05) is 18.2 Å². The zero-order chi connectivity index (χ0) is 11.4. The maximum Gasteiger partial charge on any atom is 0.150 e. The lowest BCUT2D eigenvalue weighted by molar-refractivity contribution is 0.112. The second-order valence-electron chi connectivity index (χ2n) is 3.35. The highest BCUT2D eigenvalue weighted by molar-refractivity contribution is 5.76. The number of aromatic nitrogens is 1. The van der Waals surface area contributed by atoms with Crippen LogP contribution in [0.25, 0.3) is 11.1 Å². The van der Waals surface area contributed by atoms with Gasteiger partial charge < -0.3 is 4.74 Å². The third-order valence-corrected chi connectivity index (χ3v) is 2.33. The Morgan fingerprint density at radius 1 is 1.12 bits per heavy atom. The molecule has 16 heavy (non-hydrogen) atoms. The summed E-state index contributed by atoms with van der Waals surface area (Å²) in [5.41, 5.74) is 2.65. The van der Waals surface area contributed by atoms with Gasteiger partial charge >= 0.3 is 0 Å². The molecular formula is C13H11NO2. The number of methoxy groups -OCH3 is 1. The molecule has 0 N–H and O–H groups in total. The first-order valence-electron chi connectivity index (χ1n) is 4.88. The van der Waals surface area contributed by atoms with Crippen molar-refractivity contribution in [3.63, 3.8) is 0 Å². The zero-order valence-electron chi connectivity index (χ0n) is 8.88. The van der Waals surface area contributed by atoms with E-state index in [0.717, 1.165) is 23.2 Å². The van der Waals surface area contributed by atoms with Crippen molar-refractivity contribution < 1.29 is 9.53 Å². The normalized spacial score (nSPS) is 9.81. The fraction of sp³-hybridized carbons (Fsp3) is 0.0769. The number of ether oxygens (including phenoxy) is 1. The highest BCUT2D eigenvalue weighted by Gasteiger charge is 2.00. The standard InChI is InChI=1S/C13H11NO2/c1-16-13-6-12(7-14-8-13)11-4-2-10(9-15)3-5-11/h2-9H,1H3. The van der Waals surface area contributed by atoms with Gasteiger partial charge in [-0.05, 0) is 11.6 Å². The summed E-state index contributed by atoms with van der Waals surface area (Å²) in [4.78, 5) is 14.6. The van der Waals surface area contributed by atoms with Crippen LogP contribution >= 0.6 is 0 Å². The van der Waals surface area contributed by atoms with Crippen LogP contribution in [0.2, 0.25) is 0 Å². The van der Waals surface area contributed by atoms with Gasteiger partial charge in [-0.1, -0.05) is 24.3 Å². The molecule has 0 bridgehead atoms. The minimum atomic E-state index is 0.666. The molecule has 1 aromatic heterocycles. The van der Waals surface area contributed by atoms with Gasteiger partial charge in [-0.25, -0.2) is 0 Å². The molecule has 0 amide bonds. The summed E-state index contributed by atoms with van der Waals surface area (Å²) in [5.74, 6) is 0.719. The smallest absolute Gasteiger partial charge is 0.150 e. The summed E-state index contributed by atoms with van der Waals surface area (Å²) in [6.07, 6.45) is 4.25. The number of rotatable bonds is 3. The number of hydrogen-bond acceptors (Lipinski definition) is 3. The highest BCUT2D eigenvalue weighted by Crippen LogP contribution is 2.22. The van der Waals surface area contributed by atoms with Gasteiger partial charge in [0, 0.05) is 17.3 Å². The zero-order valence-corrected chi connectivity index (χ0v) is 8.88. The maximum absolute atomic E-state index is 10.5. The first-order chi connectivity index (χ1) is 7.83. The Morgan fingerprint density at radius 2 is 1.88 bits per heavy atom. The van der Waals surface area contributed by atoms with Crippen LogP contribution in [0.5, 0.6) is 5.75 Å². The molecule has 0 fully saturated rings. The number of pyridine rings is 1. The lowest BCUT2D eigenvalue weighted by atomic mass is 10.1.